The Kier molecular flexibility index (Phi) is 1.96. The monoisotopic (exact) mass is 286 g/mol. The third-order valence-corrected chi connectivity index (χ3v) is 4.24. The second-order valence-corrected chi connectivity index (χ2v) is 5.43. The van der Waals surface area contributed by atoms with Crippen molar-refractivity contribution in [1.82, 2.24) is 9.38 Å². The lowest BCUT2D eigenvalue weighted by Crippen LogP contribution is -2.13. The molecule has 0 spiro atoms. The van der Waals surface area contributed by atoms with Gasteiger partial charge >= 0.3 is 0 Å². The minimum absolute atomic E-state index is 0.0865. The Bertz CT molecular complexity index is 1250. The smallest absolute Gasteiger partial charge is 0.264 e. The Morgan fingerprint density at radius 3 is 2.45 bits per heavy atom. The van der Waals surface area contributed by atoms with Crippen molar-refractivity contribution in [3.8, 4) is 5.75 Å². The van der Waals surface area contributed by atoms with Crippen LogP contribution in [0.15, 0.2) is 59.4 Å². The summed E-state index contributed by atoms with van der Waals surface area (Å²) in [5, 5.41) is 13.6. The molecule has 104 valence electrons. The maximum atomic E-state index is 12.9. The molecule has 0 bridgehead atoms. The molecule has 0 radical (unpaired) electrons. The van der Waals surface area contributed by atoms with Gasteiger partial charge in [-0.05, 0) is 23.6 Å². The molecule has 0 unspecified atom stereocenters. The molecule has 5 aromatic rings. The number of aromatic nitrogens is 2. The number of fused-ring (bicyclic) bond motifs is 4. The Morgan fingerprint density at radius 1 is 0.909 bits per heavy atom. The number of rotatable bonds is 0. The van der Waals surface area contributed by atoms with Crippen LogP contribution in [0, 0.1) is 0 Å². The van der Waals surface area contributed by atoms with Gasteiger partial charge in [-0.3, -0.25) is 9.20 Å². The minimum Gasteiger partial charge on any atom is -0.506 e. The Morgan fingerprint density at radius 2 is 1.64 bits per heavy atom. The minimum atomic E-state index is -0.104. The number of pyridine rings is 1. The SMILES string of the molecule is O=c1c2cccc3cccc(c32)c2nc3c(O)cccc3n12. The van der Waals surface area contributed by atoms with Gasteiger partial charge in [-0.25, -0.2) is 4.98 Å². The number of hydrogen-bond donors (Lipinski definition) is 1. The number of nitrogens with zero attached hydrogens (tertiary/aromatic N) is 2. The number of hydrogen-bond acceptors (Lipinski definition) is 3. The van der Waals surface area contributed by atoms with Crippen molar-refractivity contribution in [2.75, 3.05) is 0 Å². The van der Waals surface area contributed by atoms with Gasteiger partial charge in [0.15, 0.2) is 0 Å². The van der Waals surface area contributed by atoms with E-state index in [0.29, 0.717) is 22.1 Å². The second-order valence-electron chi connectivity index (χ2n) is 5.43. The third-order valence-electron chi connectivity index (χ3n) is 4.24. The van der Waals surface area contributed by atoms with Crippen molar-refractivity contribution in [2.45, 2.75) is 0 Å². The van der Waals surface area contributed by atoms with E-state index in [1.165, 1.54) is 0 Å². The average Bonchev–Trinajstić information content (AvgIpc) is 2.94. The van der Waals surface area contributed by atoms with Crippen molar-refractivity contribution in [1.29, 1.82) is 0 Å². The number of para-hydroxylation sites is 1. The number of phenols is 1. The molecule has 0 aliphatic carbocycles. The lowest BCUT2D eigenvalue weighted by Gasteiger charge is -2.06. The van der Waals surface area contributed by atoms with Gasteiger partial charge in [-0.1, -0.05) is 36.4 Å². The first-order valence-corrected chi connectivity index (χ1v) is 7.03. The van der Waals surface area contributed by atoms with Gasteiger partial charge < -0.3 is 5.11 Å². The van der Waals surface area contributed by atoms with E-state index in [9.17, 15) is 9.90 Å². The molecule has 4 nitrogen and oxygen atoms in total. The van der Waals surface area contributed by atoms with Crippen LogP contribution in [-0.2, 0) is 0 Å². The first-order valence-electron chi connectivity index (χ1n) is 7.03. The molecule has 0 saturated carbocycles. The van der Waals surface area contributed by atoms with Crippen molar-refractivity contribution in [3.63, 3.8) is 0 Å². The van der Waals surface area contributed by atoms with Gasteiger partial charge in [0, 0.05) is 16.2 Å². The summed E-state index contributed by atoms with van der Waals surface area (Å²) in [5.74, 6) is 0.0865. The van der Waals surface area contributed by atoms with Crippen LogP contribution in [0.4, 0.5) is 0 Å². The highest BCUT2D eigenvalue weighted by Gasteiger charge is 2.16. The zero-order valence-electron chi connectivity index (χ0n) is 11.4. The third kappa shape index (κ3) is 1.22. The summed E-state index contributed by atoms with van der Waals surface area (Å²) in [6, 6.07) is 16.7. The number of benzene rings is 3. The summed E-state index contributed by atoms with van der Waals surface area (Å²) in [4.78, 5) is 17.4. The van der Waals surface area contributed by atoms with E-state index in [4.69, 9.17) is 0 Å². The fraction of sp³-hybridized carbons (Fsp3) is 0. The van der Waals surface area contributed by atoms with Crippen LogP contribution in [-0.4, -0.2) is 14.5 Å². The molecular formula is C18H10N2O2. The lowest BCUT2D eigenvalue weighted by atomic mass is 10.0. The zero-order chi connectivity index (χ0) is 14.8. The van der Waals surface area contributed by atoms with E-state index in [2.05, 4.69) is 4.98 Å². The van der Waals surface area contributed by atoms with Crippen LogP contribution in [0.2, 0.25) is 0 Å². The van der Waals surface area contributed by atoms with E-state index >= 15 is 0 Å². The summed E-state index contributed by atoms with van der Waals surface area (Å²) in [7, 11) is 0. The fourth-order valence-corrected chi connectivity index (χ4v) is 3.30. The molecule has 22 heavy (non-hydrogen) atoms. The van der Waals surface area contributed by atoms with Crippen LogP contribution in [0.1, 0.15) is 0 Å². The normalized spacial score (nSPS) is 12.0. The maximum absolute atomic E-state index is 12.9. The Labute approximate surface area is 124 Å². The van der Waals surface area contributed by atoms with Crippen molar-refractivity contribution < 1.29 is 5.11 Å². The van der Waals surface area contributed by atoms with Gasteiger partial charge in [-0.2, -0.15) is 0 Å². The van der Waals surface area contributed by atoms with Crippen LogP contribution >= 0.6 is 0 Å². The summed E-state index contributed by atoms with van der Waals surface area (Å²) < 4.78 is 1.59. The van der Waals surface area contributed by atoms with Crippen LogP contribution in [0.3, 0.4) is 0 Å². The van der Waals surface area contributed by atoms with Crippen molar-refractivity contribution in [3.05, 3.63) is 65.0 Å². The molecule has 1 N–H and O–H groups in total. The summed E-state index contributed by atoms with van der Waals surface area (Å²) >= 11 is 0. The quantitative estimate of drug-likeness (QED) is 0.475. The van der Waals surface area contributed by atoms with E-state index in [-0.39, 0.29) is 11.3 Å². The van der Waals surface area contributed by atoms with Crippen LogP contribution in [0.25, 0.3) is 38.2 Å². The highest BCUT2D eigenvalue weighted by molar-refractivity contribution is 6.15. The number of phenolic OH excluding ortho intramolecular Hbond substituents is 1. The molecule has 0 aliphatic rings. The molecule has 2 aromatic heterocycles. The molecule has 0 saturated heterocycles. The number of aromatic hydroxyl groups is 1. The Balaban J connectivity index is 2.25. The summed E-state index contributed by atoms with van der Waals surface area (Å²) in [6.45, 7) is 0. The highest BCUT2D eigenvalue weighted by Crippen LogP contribution is 2.31. The molecule has 3 aromatic carbocycles. The van der Waals surface area contributed by atoms with Gasteiger partial charge in [-0.15, -0.1) is 0 Å². The molecule has 2 heterocycles. The standard InChI is InChI=1S/C18H10N2O2/c21-14-9-3-8-13-16(14)19-17-11-6-1-4-10-5-2-7-12(15(10)11)18(22)20(13)17/h1-9,21H. The maximum Gasteiger partial charge on any atom is 0.264 e. The van der Waals surface area contributed by atoms with E-state index in [0.717, 1.165) is 16.2 Å². The van der Waals surface area contributed by atoms with Gasteiger partial charge in [0.25, 0.3) is 5.56 Å². The predicted molar refractivity (Wildman–Crippen MR) is 86.8 cm³/mol. The highest BCUT2D eigenvalue weighted by atomic mass is 16.3. The largest absolute Gasteiger partial charge is 0.506 e. The number of imidazole rings is 1. The fourth-order valence-electron chi connectivity index (χ4n) is 3.30. The van der Waals surface area contributed by atoms with Gasteiger partial charge in [0.1, 0.15) is 16.9 Å². The van der Waals surface area contributed by atoms with Gasteiger partial charge in [0.2, 0.25) is 0 Å². The molecule has 5 rings (SSSR count). The van der Waals surface area contributed by atoms with Crippen LogP contribution < -0.4 is 5.56 Å². The topological polar surface area (TPSA) is 54.6 Å². The predicted octanol–water partition coefficient (Wildman–Crippen LogP) is 3.30. The molecule has 0 atom stereocenters. The Hall–Kier alpha value is -3.14. The van der Waals surface area contributed by atoms with E-state index < -0.39 is 0 Å². The van der Waals surface area contributed by atoms with E-state index in [1.807, 2.05) is 36.4 Å². The summed E-state index contributed by atoms with van der Waals surface area (Å²) in [6.07, 6.45) is 0. The molecular weight excluding hydrogens is 276 g/mol. The average molecular weight is 286 g/mol. The van der Waals surface area contributed by atoms with Crippen LogP contribution in [0.5, 0.6) is 5.75 Å². The first-order chi connectivity index (χ1) is 10.8. The van der Waals surface area contributed by atoms with Crippen molar-refractivity contribution >= 4 is 38.2 Å². The zero-order valence-corrected chi connectivity index (χ0v) is 11.4. The molecule has 4 heteroatoms. The summed E-state index contributed by atoms with van der Waals surface area (Å²) in [5.41, 5.74) is 1.57. The molecule has 0 fully saturated rings. The first kappa shape index (κ1) is 11.5. The molecule has 0 aliphatic heterocycles. The lowest BCUT2D eigenvalue weighted by molar-refractivity contribution is 0.480. The second kappa shape index (κ2) is 3.74. The van der Waals surface area contributed by atoms with Gasteiger partial charge in [0.05, 0.1) is 5.52 Å². The van der Waals surface area contributed by atoms with E-state index in [1.54, 1.807) is 22.6 Å². The van der Waals surface area contributed by atoms with Crippen molar-refractivity contribution in [2.24, 2.45) is 0 Å². The molecule has 0 amide bonds.